The van der Waals surface area contributed by atoms with Crippen LogP contribution >= 0.6 is 11.8 Å². The first-order valence-electron chi connectivity index (χ1n) is 7.16. The minimum atomic E-state index is 0.0143. The summed E-state index contributed by atoms with van der Waals surface area (Å²) >= 11 is 1.58. The number of hydrogen-bond acceptors (Lipinski definition) is 3. The van der Waals surface area contributed by atoms with Crippen molar-refractivity contribution >= 4 is 23.4 Å². The van der Waals surface area contributed by atoms with Gasteiger partial charge in [0.05, 0.1) is 12.9 Å². The molecule has 0 aliphatic heterocycles. The van der Waals surface area contributed by atoms with E-state index in [0.717, 1.165) is 22.8 Å². The Kier molecular flexibility index (Phi) is 5.90. The smallest absolute Gasteiger partial charge is 0.234 e. The molecule has 1 amide bonds. The van der Waals surface area contributed by atoms with Crippen molar-refractivity contribution in [3.63, 3.8) is 0 Å². The molecule has 1 N–H and O–H groups in total. The molecule has 0 bridgehead atoms. The summed E-state index contributed by atoms with van der Waals surface area (Å²) in [5, 5.41) is 2.90. The van der Waals surface area contributed by atoms with Crippen molar-refractivity contribution in [1.29, 1.82) is 0 Å². The average Bonchev–Trinajstić information content (AvgIpc) is 2.50. The lowest BCUT2D eigenvalue weighted by Gasteiger charge is -2.09. The number of carbonyl (C=O) groups excluding carboxylic acids is 1. The third kappa shape index (κ3) is 4.81. The summed E-state index contributed by atoms with van der Waals surface area (Å²) in [5.41, 5.74) is 4.33. The van der Waals surface area contributed by atoms with Gasteiger partial charge in [0.1, 0.15) is 5.75 Å². The van der Waals surface area contributed by atoms with Crippen molar-refractivity contribution in [3.05, 3.63) is 59.2 Å². The number of thioether (sulfide) groups is 1. The summed E-state index contributed by atoms with van der Waals surface area (Å²) in [6.45, 7) is 4.08. The molecular weight excluding hydrogens is 294 g/mol. The average molecular weight is 315 g/mol. The molecule has 0 aliphatic rings. The number of anilines is 1. The second-order valence-corrected chi connectivity index (χ2v) is 6.21. The molecule has 3 nitrogen and oxygen atoms in total. The van der Waals surface area contributed by atoms with Crippen LogP contribution in [-0.2, 0) is 10.5 Å². The maximum atomic E-state index is 11.9. The van der Waals surface area contributed by atoms with E-state index >= 15 is 0 Å². The van der Waals surface area contributed by atoms with Gasteiger partial charge in [-0.2, -0.15) is 0 Å². The number of benzene rings is 2. The fourth-order valence-electron chi connectivity index (χ4n) is 2.11. The molecule has 0 spiro atoms. The van der Waals surface area contributed by atoms with Crippen LogP contribution in [-0.4, -0.2) is 18.8 Å². The minimum Gasteiger partial charge on any atom is -0.496 e. The molecule has 2 aromatic rings. The molecule has 22 heavy (non-hydrogen) atoms. The number of carbonyl (C=O) groups is 1. The Morgan fingerprint density at radius 1 is 1.09 bits per heavy atom. The van der Waals surface area contributed by atoms with Crippen molar-refractivity contribution < 1.29 is 9.53 Å². The largest absolute Gasteiger partial charge is 0.496 e. The van der Waals surface area contributed by atoms with E-state index in [2.05, 4.69) is 18.3 Å². The first-order valence-corrected chi connectivity index (χ1v) is 8.32. The van der Waals surface area contributed by atoms with Crippen molar-refractivity contribution in [1.82, 2.24) is 0 Å². The summed E-state index contributed by atoms with van der Waals surface area (Å²) < 4.78 is 5.35. The molecule has 2 aromatic carbocycles. The first-order chi connectivity index (χ1) is 10.6. The van der Waals surface area contributed by atoms with Crippen LogP contribution in [0.2, 0.25) is 0 Å². The summed E-state index contributed by atoms with van der Waals surface area (Å²) in [6.07, 6.45) is 0. The van der Waals surface area contributed by atoms with E-state index in [1.165, 1.54) is 11.1 Å². The molecule has 2 rings (SSSR count). The van der Waals surface area contributed by atoms with Gasteiger partial charge in [-0.25, -0.2) is 0 Å². The number of ether oxygens (including phenoxy) is 1. The van der Waals surface area contributed by atoms with E-state index in [0.29, 0.717) is 5.75 Å². The van der Waals surface area contributed by atoms with E-state index in [1.807, 2.05) is 43.3 Å². The van der Waals surface area contributed by atoms with Crippen LogP contribution in [0.5, 0.6) is 5.75 Å². The molecule has 0 fully saturated rings. The summed E-state index contributed by atoms with van der Waals surface area (Å²) in [4.78, 5) is 11.9. The molecule has 4 heteroatoms. The monoisotopic (exact) mass is 315 g/mol. The van der Waals surface area contributed by atoms with Gasteiger partial charge in [-0.1, -0.05) is 35.4 Å². The highest BCUT2D eigenvalue weighted by atomic mass is 32.2. The molecular formula is C18H21NO2S. The standard InChI is InChI=1S/C18H21NO2S/c1-13-4-7-16(8-5-13)19-18(20)12-22-11-15-10-14(2)6-9-17(15)21-3/h4-10H,11-12H2,1-3H3,(H,19,20). The van der Waals surface area contributed by atoms with E-state index in [1.54, 1.807) is 18.9 Å². The highest BCUT2D eigenvalue weighted by molar-refractivity contribution is 7.99. The maximum absolute atomic E-state index is 11.9. The SMILES string of the molecule is COc1ccc(C)cc1CSCC(=O)Nc1ccc(C)cc1. The zero-order valence-electron chi connectivity index (χ0n) is 13.2. The van der Waals surface area contributed by atoms with E-state index in [4.69, 9.17) is 4.74 Å². The lowest BCUT2D eigenvalue weighted by molar-refractivity contribution is -0.113. The quantitative estimate of drug-likeness (QED) is 0.869. The molecule has 0 atom stereocenters. The Bertz CT molecular complexity index is 638. The van der Waals surface area contributed by atoms with Crippen molar-refractivity contribution in [2.24, 2.45) is 0 Å². The number of aryl methyl sites for hydroxylation is 2. The van der Waals surface area contributed by atoms with Gasteiger partial charge in [-0.15, -0.1) is 11.8 Å². The van der Waals surface area contributed by atoms with Crippen LogP contribution in [0.3, 0.4) is 0 Å². The summed E-state index contributed by atoms with van der Waals surface area (Å²) in [5.74, 6) is 2.06. The molecule has 0 aromatic heterocycles. The molecule has 0 unspecified atom stereocenters. The van der Waals surface area contributed by atoms with Crippen LogP contribution in [0, 0.1) is 13.8 Å². The number of amides is 1. The van der Waals surface area contributed by atoms with Gasteiger partial charge in [-0.3, -0.25) is 4.79 Å². The van der Waals surface area contributed by atoms with Crippen LogP contribution in [0.1, 0.15) is 16.7 Å². The predicted octanol–water partition coefficient (Wildman–Crippen LogP) is 4.18. The Labute approximate surface area is 136 Å². The Morgan fingerprint density at radius 3 is 2.45 bits per heavy atom. The number of methoxy groups -OCH3 is 1. The van der Waals surface area contributed by atoms with Crippen molar-refractivity contribution in [3.8, 4) is 5.75 Å². The first kappa shape index (κ1) is 16.4. The lowest BCUT2D eigenvalue weighted by Crippen LogP contribution is -2.14. The number of rotatable bonds is 6. The van der Waals surface area contributed by atoms with Gasteiger partial charge in [0.25, 0.3) is 0 Å². The van der Waals surface area contributed by atoms with Gasteiger partial charge in [0, 0.05) is 17.0 Å². The van der Waals surface area contributed by atoms with Gasteiger partial charge < -0.3 is 10.1 Å². The van der Waals surface area contributed by atoms with E-state index < -0.39 is 0 Å². The molecule has 0 saturated heterocycles. The van der Waals surface area contributed by atoms with Gasteiger partial charge in [0.2, 0.25) is 5.91 Å². The third-order valence-electron chi connectivity index (χ3n) is 3.26. The van der Waals surface area contributed by atoms with Gasteiger partial charge in [-0.05, 0) is 32.0 Å². The highest BCUT2D eigenvalue weighted by Gasteiger charge is 2.06. The molecule has 0 saturated carbocycles. The van der Waals surface area contributed by atoms with Gasteiger partial charge in [0.15, 0.2) is 0 Å². The third-order valence-corrected chi connectivity index (χ3v) is 4.24. The summed E-state index contributed by atoms with van der Waals surface area (Å²) in [6, 6.07) is 13.9. The maximum Gasteiger partial charge on any atom is 0.234 e. The molecule has 0 aliphatic carbocycles. The molecule has 0 heterocycles. The normalized spacial score (nSPS) is 10.3. The van der Waals surface area contributed by atoms with Crippen LogP contribution in [0.25, 0.3) is 0 Å². The van der Waals surface area contributed by atoms with Crippen molar-refractivity contribution in [2.45, 2.75) is 19.6 Å². The Morgan fingerprint density at radius 2 is 1.77 bits per heavy atom. The van der Waals surface area contributed by atoms with Crippen molar-refractivity contribution in [2.75, 3.05) is 18.2 Å². The van der Waals surface area contributed by atoms with Crippen LogP contribution in [0.15, 0.2) is 42.5 Å². The zero-order chi connectivity index (χ0) is 15.9. The van der Waals surface area contributed by atoms with Crippen LogP contribution in [0.4, 0.5) is 5.69 Å². The fourth-order valence-corrected chi connectivity index (χ4v) is 2.91. The van der Waals surface area contributed by atoms with Crippen LogP contribution < -0.4 is 10.1 Å². The predicted molar refractivity (Wildman–Crippen MR) is 93.7 cm³/mol. The topological polar surface area (TPSA) is 38.3 Å². The van der Waals surface area contributed by atoms with E-state index in [9.17, 15) is 4.79 Å². The lowest BCUT2D eigenvalue weighted by atomic mass is 10.1. The Balaban J connectivity index is 1.84. The van der Waals surface area contributed by atoms with Gasteiger partial charge >= 0.3 is 0 Å². The highest BCUT2D eigenvalue weighted by Crippen LogP contribution is 2.24. The second-order valence-electron chi connectivity index (χ2n) is 5.22. The second kappa shape index (κ2) is 7.90. The Hall–Kier alpha value is -1.94. The fraction of sp³-hybridized carbons (Fsp3) is 0.278. The van der Waals surface area contributed by atoms with E-state index in [-0.39, 0.29) is 5.91 Å². The number of nitrogens with one attached hydrogen (secondary N) is 1. The minimum absolute atomic E-state index is 0.0143. The number of hydrogen-bond donors (Lipinski definition) is 1. The molecule has 116 valence electrons. The summed E-state index contributed by atoms with van der Waals surface area (Å²) in [7, 11) is 1.67. The molecule has 0 radical (unpaired) electrons. The zero-order valence-corrected chi connectivity index (χ0v) is 14.0.